The number of unbranched alkanes of at least 4 members (excludes halogenated alkanes) is 9. The molecule has 0 bridgehead atoms. The predicted octanol–water partition coefficient (Wildman–Crippen LogP) is 3.63. The first kappa shape index (κ1) is 14.5. The minimum Gasteiger partial charge on any atom is -0.320 e. The summed E-state index contributed by atoms with van der Waals surface area (Å²) in [4.78, 5) is 0. The Morgan fingerprint density at radius 2 is 1.27 bits per heavy atom. The fourth-order valence-corrected chi connectivity index (χ4v) is 1.74. The van der Waals surface area contributed by atoms with Crippen molar-refractivity contribution in [1.82, 2.24) is 5.32 Å². The van der Waals surface area contributed by atoms with E-state index in [1.54, 1.807) is 0 Å². The van der Waals surface area contributed by atoms with E-state index in [-0.39, 0.29) is 0 Å². The van der Waals surface area contributed by atoms with Gasteiger partial charge in [0.15, 0.2) is 0 Å². The standard InChI is InChI=1S/C13H26N2/c1-15-13-11-9-7-5-3-2-4-6-8-10-12-14/h15H,2-11,13H2,1H3. The summed E-state index contributed by atoms with van der Waals surface area (Å²) in [7, 11) is 2.02. The molecule has 1 N–H and O–H groups in total. The molecule has 0 heterocycles. The summed E-state index contributed by atoms with van der Waals surface area (Å²) in [5, 5.41) is 11.5. The van der Waals surface area contributed by atoms with Gasteiger partial charge in [-0.05, 0) is 26.4 Å². The van der Waals surface area contributed by atoms with Gasteiger partial charge >= 0.3 is 0 Å². The van der Waals surface area contributed by atoms with E-state index in [1.807, 2.05) is 7.05 Å². The van der Waals surface area contributed by atoms with Gasteiger partial charge in [0.05, 0.1) is 6.07 Å². The fraction of sp³-hybridized carbons (Fsp3) is 0.923. The first-order chi connectivity index (χ1) is 7.41. The van der Waals surface area contributed by atoms with E-state index >= 15 is 0 Å². The van der Waals surface area contributed by atoms with Crippen molar-refractivity contribution in [2.75, 3.05) is 13.6 Å². The van der Waals surface area contributed by atoms with Crippen LogP contribution in [-0.4, -0.2) is 13.6 Å². The van der Waals surface area contributed by atoms with E-state index in [9.17, 15) is 0 Å². The summed E-state index contributed by atoms with van der Waals surface area (Å²) < 4.78 is 0. The molecule has 15 heavy (non-hydrogen) atoms. The summed E-state index contributed by atoms with van der Waals surface area (Å²) in [6.07, 6.45) is 12.6. The van der Waals surface area contributed by atoms with Crippen molar-refractivity contribution >= 4 is 0 Å². The molecule has 0 saturated heterocycles. The van der Waals surface area contributed by atoms with Gasteiger partial charge in [0.25, 0.3) is 0 Å². The van der Waals surface area contributed by atoms with Gasteiger partial charge in [-0.3, -0.25) is 0 Å². The number of hydrogen-bond acceptors (Lipinski definition) is 2. The van der Waals surface area contributed by atoms with Crippen LogP contribution < -0.4 is 5.32 Å². The van der Waals surface area contributed by atoms with Crippen LogP contribution in [0, 0.1) is 11.3 Å². The monoisotopic (exact) mass is 210 g/mol. The Balaban J connectivity index is 2.84. The second-order valence-electron chi connectivity index (χ2n) is 4.19. The molecule has 0 spiro atoms. The van der Waals surface area contributed by atoms with Gasteiger partial charge in [-0.2, -0.15) is 5.26 Å². The first-order valence-corrected chi connectivity index (χ1v) is 6.43. The van der Waals surface area contributed by atoms with E-state index in [2.05, 4.69) is 11.4 Å². The Kier molecular flexibility index (Phi) is 13.0. The number of nitrogens with one attached hydrogen (secondary N) is 1. The van der Waals surface area contributed by atoms with Crippen molar-refractivity contribution in [3.63, 3.8) is 0 Å². The van der Waals surface area contributed by atoms with Crippen molar-refractivity contribution in [3.8, 4) is 6.07 Å². The maximum atomic E-state index is 8.35. The lowest BCUT2D eigenvalue weighted by Crippen LogP contribution is -2.06. The molecule has 0 aliphatic heterocycles. The summed E-state index contributed by atoms with van der Waals surface area (Å²) in [6.45, 7) is 1.16. The predicted molar refractivity (Wildman–Crippen MR) is 65.7 cm³/mol. The highest BCUT2D eigenvalue weighted by molar-refractivity contribution is 4.67. The minimum atomic E-state index is 0.740. The zero-order valence-electron chi connectivity index (χ0n) is 10.2. The third-order valence-electron chi connectivity index (χ3n) is 2.72. The van der Waals surface area contributed by atoms with E-state index < -0.39 is 0 Å². The Morgan fingerprint density at radius 1 is 0.800 bits per heavy atom. The van der Waals surface area contributed by atoms with Crippen LogP contribution >= 0.6 is 0 Å². The van der Waals surface area contributed by atoms with Crippen LogP contribution in [0.2, 0.25) is 0 Å². The van der Waals surface area contributed by atoms with E-state index in [0.29, 0.717) is 0 Å². The van der Waals surface area contributed by atoms with Gasteiger partial charge in [-0.25, -0.2) is 0 Å². The van der Waals surface area contributed by atoms with Crippen molar-refractivity contribution in [1.29, 1.82) is 5.26 Å². The van der Waals surface area contributed by atoms with Crippen molar-refractivity contribution in [2.24, 2.45) is 0 Å². The molecular weight excluding hydrogens is 184 g/mol. The molecule has 0 atom stereocenters. The molecule has 88 valence electrons. The smallest absolute Gasteiger partial charge is 0.0621 e. The van der Waals surface area contributed by atoms with Crippen LogP contribution in [0.1, 0.15) is 64.2 Å². The van der Waals surface area contributed by atoms with Crippen LogP contribution in [0.15, 0.2) is 0 Å². The third kappa shape index (κ3) is 13.4. The van der Waals surface area contributed by atoms with Crippen LogP contribution in [0.5, 0.6) is 0 Å². The van der Waals surface area contributed by atoms with Crippen molar-refractivity contribution in [3.05, 3.63) is 0 Å². The van der Waals surface area contributed by atoms with Crippen molar-refractivity contribution in [2.45, 2.75) is 64.2 Å². The normalized spacial score (nSPS) is 10.1. The average molecular weight is 210 g/mol. The van der Waals surface area contributed by atoms with Gasteiger partial charge in [0.1, 0.15) is 0 Å². The van der Waals surface area contributed by atoms with Gasteiger partial charge in [0.2, 0.25) is 0 Å². The van der Waals surface area contributed by atoms with Crippen LogP contribution in [0.4, 0.5) is 0 Å². The molecule has 0 aliphatic rings. The Morgan fingerprint density at radius 3 is 1.73 bits per heavy atom. The fourth-order valence-electron chi connectivity index (χ4n) is 1.74. The Labute approximate surface area is 95.1 Å². The molecule has 2 heteroatoms. The minimum absolute atomic E-state index is 0.740. The molecule has 0 rings (SSSR count). The topological polar surface area (TPSA) is 35.8 Å². The molecule has 0 radical (unpaired) electrons. The summed E-state index contributed by atoms with van der Waals surface area (Å²) in [5.74, 6) is 0. The molecule has 0 aliphatic carbocycles. The third-order valence-corrected chi connectivity index (χ3v) is 2.72. The highest BCUT2D eigenvalue weighted by Gasteiger charge is 1.92. The molecule has 0 aromatic carbocycles. The summed E-state index contributed by atoms with van der Waals surface area (Å²) in [6, 6.07) is 2.19. The molecule has 0 fully saturated rings. The van der Waals surface area contributed by atoms with Crippen LogP contribution in [-0.2, 0) is 0 Å². The highest BCUT2D eigenvalue weighted by atomic mass is 14.8. The van der Waals surface area contributed by atoms with Crippen molar-refractivity contribution < 1.29 is 0 Å². The van der Waals surface area contributed by atoms with E-state index in [1.165, 1.54) is 51.4 Å². The summed E-state index contributed by atoms with van der Waals surface area (Å²) >= 11 is 0. The van der Waals surface area contributed by atoms with Gasteiger partial charge in [-0.15, -0.1) is 0 Å². The molecule has 0 aromatic rings. The lowest BCUT2D eigenvalue weighted by molar-refractivity contribution is 0.555. The first-order valence-electron chi connectivity index (χ1n) is 6.43. The number of hydrogen-bond donors (Lipinski definition) is 1. The average Bonchev–Trinajstić information content (AvgIpc) is 2.26. The SMILES string of the molecule is CNCCCCCCCCCCCC#N. The second-order valence-corrected chi connectivity index (χ2v) is 4.19. The maximum absolute atomic E-state index is 8.35. The van der Waals surface area contributed by atoms with Crippen LogP contribution in [0.3, 0.4) is 0 Å². The highest BCUT2D eigenvalue weighted by Crippen LogP contribution is 2.10. The lowest BCUT2D eigenvalue weighted by atomic mass is 10.1. The van der Waals surface area contributed by atoms with E-state index in [4.69, 9.17) is 5.26 Å². The van der Waals surface area contributed by atoms with Gasteiger partial charge in [0, 0.05) is 6.42 Å². The molecule has 0 amide bonds. The molecule has 0 unspecified atom stereocenters. The van der Waals surface area contributed by atoms with E-state index in [0.717, 1.165) is 19.4 Å². The number of nitrogens with zero attached hydrogens (tertiary/aromatic N) is 1. The maximum Gasteiger partial charge on any atom is 0.0621 e. The number of rotatable bonds is 11. The second kappa shape index (κ2) is 13.4. The quantitative estimate of drug-likeness (QED) is 0.529. The molecule has 2 nitrogen and oxygen atoms in total. The molecule has 0 aromatic heterocycles. The van der Waals surface area contributed by atoms with Gasteiger partial charge < -0.3 is 5.32 Å². The van der Waals surface area contributed by atoms with Crippen LogP contribution in [0.25, 0.3) is 0 Å². The molecule has 0 saturated carbocycles. The zero-order valence-corrected chi connectivity index (χ0v) is 10.2. The summed E-state index contributed by atoms with van der Waals surface area (Å²) in [5.41, 5.74) is 0. The Bertz CT molecular complexity index is 149. The molecular formula is C13H26N2. The van der Waals surface area contributed by atoms with Gasteiger partial charge in [-0.1, -0.05) is 44.9 Å². The zero-order chi connectivity index (χ0) is 11.2. The Hall–Kier alpha value is -0.550. The lowest BCUT2D eigenvalue weighted by Gasteiger charge is -2.01. The number of nitriles is 1. The largest absolute Gasteiger partial charge is 0.320 e.